The first-order valence-corrected chi connectivity index (χ1v) is 32.7. The molecule has 0 aliphatic rings. The molecule has 0 saturated carbocycles. The first kappa shape index (κ1) is 74.5. The summed E-state index contributed by atoms with van der Waals surface area (Å²) < 4.78 is 16.9. The molecule has 6 heteroatoms. The van der Waals surface area contributed by atoms with Crippen molar-refractivity contribution in [2.24, 2.45) is 0 Å². The molecule has 0 aliphatic heterocycles. The third-order valence-corrected chi connectivity index (χ3v) is 13.7. The molecule has 6 nitrogen and oxygen atoms in total. The number of rotatable bonds is 58. The summed E-state index contributed by atoms with van der Waals surface area (Å²) in [6, 6.07) is 0. The Kier molecular flexibility index (Phi) is 62.3. The number of hydrogen-bond acceptors (Lipinski definition) is 6. The van der Waals surface area contributed by atoms with E-state index < -0.39 is 6.10 Å². The van der Waals surface area contributed by atoms with E-state index in [-0.39, 0.29) is 31.1 Å². The second kappa shape index (κ2) is 66.1. The lowest BCUT2D eigenvalue weighted by Gasteiger charge is -2.18. The van der Waals surface area contributed by atoms with Crippen LogP contribution in [0.25, 0.3) is 0 Å². The SMILES string of the molecule is CC/C=C\C/C=C\C/C=C\C/C=C\C/C=C\C/C=C\C/C=C\CCCCCCCCCC(=O)OCC(COC(=O)CCCCCCCCCCCCC)OC(=O)CCCCCCCCCC/C=C\C/C=C\C/C=C\C/C=C\CC. The first-order valence-electron chi connectivity index (χ1n) is 32.7. The number of hydrogen-bond donors (Lipinski definition) is 0. The molecule has 0 N–H and O–H groups in total. The van der Waals surface area contributed by atoms with E-state index in [2.05, 4.69) is 154 Å². The van der Waals surface area contributed by atoms with Crippen LogP contribution in [-0.4, -0.2) is 37.2 Å². The van der Waals surface area contributed by atoms with E-state index in [1.807, 2.05) is 0 Å². The lowest BCUT2D eigenvalue weighted by Crippen LogP contribution is -2.30. The van der Waals surface area contributed by atoms with E-state index >= 15 is 0 Å². The summed E-state index contributed by atoms with van der Waals surface area (Å²) in [5.41, 5.74) is 0. The van der Waals surface area contributed by atoms with Crippen molar-refractivity contribution >= 4 is 17.9 Å². The molecule has 0 aliphatic carbocycles. The third-order valence-electron chi connectivity index (χ3n) is 13.7. The molecular weight excluding hydrogens is 973 g/mol. The summed E-state index contributed by atoms with van der Waals surface area (Å²) in [6.45, 7) is 6.40. The molecule has 1 atom stereocenters. The van der Waals surface area contributed by atoms with Gasteiger partial charge in [0.25, 0.3) is 0 Å². The summed E-state index contributed by atoms with van der Waals surface area (Å²) in [5, 5.41) is 0. The Bertz CT molecular complexity index is 1680. The molecule has 0 radical (unpaired) electrons. The van der Waals surface area contributed by atoms with Crippen LogP contribution < -0.4 is 0 Å². The predicted octanol–water partition coefficient (Wildman–Crippen LogP) is 22.5. The Balaban J connectivity index is 4.32. The molecule has 0 spiro atoms. The largest absolute Gasteiger partial charge is 0.462 e. The number of allylic oxidation sites excluding steroid dienone is 22. The molecule has 0 amide bonds. The molecule has 0 saturated heterocycles. The number of carbonyl (C=O) groups excluding carboxylic acids is 3. The minimum Gasteiger partial charge on any atom is -0.462 e. The van der Waals surface area contributed by atoms with Gasteiger partial charge in [-0.25, -0.2) is 0 Å². The van der Waals surface area contributed by atoms with Crippen LogP contribution in [0.3, 0.4) is 0 Å². The maximum Gasteiger partial charge on any atom is 0.306 e. The number of carbonyl (C=O) groups is 3. The van der Waals surface area contributed by atoms with Gasteiger partial charge in [0.15, 0.2) is 6.10 Å². The van der Waals surface area contributed by atoms with E-state index in [0.717, 1.165) is 141 Å². The highest BCUT2D eigenvalue weighted by Gasteiger charge is 2.19. The van der Waals surface area contributed by atoms with Crippen LogP contribution >= 0.6 is 0 Å². The monoisotopic (exact) mass is 1090 g/mol. The van der Waals surface area contributed by atoms with E-state index in [0.29, 0.717) is 19.3 Å². The summed E-state index contributed by atoms with van der Waals surface area (Å²) in [4.78, 5) is 38.3. The van der Waals surface area contributed by atoms with E-state index in [1.54, 1.807) is 0 Å². The summed E-state index contributed by atoms with van der Waals surface area (Å²) in [7, 11) is 0. The van der Waals surface area contributed by atoms with Crippen LogP contribution in [0.4, 0.5) is 0 Å². The van der Waals surface area contributed by atoms with Crippen molar-refractivity contribution in [2.45, 2.75) is 297 Å². The fraction of sp³-hybridized carbons (Fsp3) is 0.658. The Labute approximate surface area is 487 Å². The second-order valence-electron chi connectivity index (χ2n) is 21.3. The fourth-order valence-electron chi connectivity index (χ4n) is 8.83. The van der Waals surface area contributed by atoms with Crippen LogP contribution in [0.5, 0.6) is 0 Å². The van der Waals surface area contributed by atoms with E-state index in [1.165, 1.54) is 109 Å². The van der Waals surface area contributed by atoms with Crippen molar-refractivity contribution < 1.29 is 28.6 Å². The molecule has 0 aromatic carbocycles. The first-order chi connectivity index (χ1) is 39.0. The smallest absolute Gasteiger partial charge is 0.306 e. The average Bonchev–Trinajstić information content (AvgIpc) is 3.45. The van der Waals surface area contributed by atoms with Gasteiger partial charge >= 0.3 is 17.9 Å². The summed E-state index contributed by atoms with van der Waals surface area (Å²) in [6.07, 6.45) is 93.1. The van der Waals surface area contributed by atoms with Crippen molar-refractivity contribution in [2.75, 3.05) is 13.2 Å². The Hall–Kier alpha value is -4.45. The maximum absolute atomic E-state index is 12.9. The highest BCUT2D eigenvalue weighted by atomic mass is 16.6. The van der Waals surface area contributed by atoms with E-state index in [4.69, 9.17) is 14.2 Å². The highest BCUT2D eigenvalue weighted by Crippen LogP contribution is 2.16. The zero-order valence-corrected chi connectivity index (χ0v) is 51.3. The molecule has 0 rings (SSSR count). The summed E-state index contributed by atoms with van der Waals surface area (Å²) >= 11 is 0. The minimum absolute atomic E-state index is 0.0859. The number of ether oxygens (including phenoxy) is 3. The lowest BCUT2D eigenvalue weighted by molar-refractivity contribution is -0.167. The van der Waals surface area contributed by atoms with Gasteiger partial charge < -0.3 is 14.2 Å². The average molecular weight is 1090 g/mol. The standard InChI is InChI=1S/C73H120O6/c1-4-7-10-13-16-19-22-24-26-28-30-32-33-34-35-36-37-38-39-41-42-44-46-48-51-54-57-60-63-66-72(75)78-69-70(68-77-71(74)65-62-59-56-53-50-21-18-15-12-9-6-3)79-73(76)67-64-61-58-55-52-49-47-45-43-40-31-29-27-25-23-20-17-14-11-8-5-2/h7-8,10-11,16-17,19-20,24-27,30-32,34-35,37-38,40-42,70H,4-6,9,12-15,18,21-23,28-29,33,36,39,43-69H2,1-3H3/b10-7-,11-8-,19-16-,20-17-,26-24-,27-25-,32-30-,35-34-,38-37-,40-31-,42-41-. The van der Waals surface area contributed by atoms with Gasteiger partial charge in [-0.05, 0) is 116 Å². The van der Waals surface area contributed by atoms with Crippen molar-refractivity contribution in [3.63, 3.8) is 0 Å². The highest BCUT2D eigenvalue weighted by molar-refractivity contribution is 5.71. The molecule has 0 fully saturated rings. The Morgan fingerprint density at radius 3 is 0.772 bits per heavy atom. The minimum atomic E-state index is -0.791. The quantitative estimate of drug-likeness (QED) is 0.0261. The van der Waals surface area contributed by atoms with Gasteiger partial charge in [0, 0.05) is 19.3 Å². The molecule has 448 valence electrons. The zero-order chi connectivity index (χ0) is 57.1. The van der Waals surface area contributed by atoms with Crippen molar-refractivity contribution in [3.8, 4) is 0 Å². The van der Waals surface area contributed by atoms with Crippen LogP contribution in [0, 0.1) is 0 Å². The van der Waals surface area contributed by atoms with Crippen molar-refractivity contribution in [3.05, 3.63) is 134 Å². The molecule has 0 bridgehead atoms. The fourth-order valence-corrected chi connectivity index (χ4v) is 8.83. The normalized spacial score (nSPS) is 13.0. The predicted molar refractivity (Wildman–Crippen MR) is 343 cm³/mol. The van der Waals surface area contributed by atoms with Gasteiger partial charge in [-0.2, -0.15) is 0 Å². The number of esters is 3. The lowest BCUT2D eigenvalue weighted by atomic mass is 10.1. The molecular formula is C73H120O6. The molecule has 0 aromatic rings. The van der Waals surface area contributed by atoms with Gasteiger partial charge in [0.1, 0.15) is 13.2 Å². The molecule has 1 unspecified atom stereocenters. The van der Waals surface area contributed by atoms with E-state index in [9.17, 15) is 14.4 Å². The van der Waals surface area contributed by atoms with Crippen molar-refractivity contribution in [1.82, 2.24) is 0 Å². The van der Waals surface area contributed by atoms with Crippen LogP contribution in [0.15, 0.2) is 134 Å². The number of unbranched alkanes of at least 4 members (excludes halogenated alkanes) is 25. The van der Waals surface area contributed by atoms with Crippen molar-refractivity contribution in [1.29, 1.82) is 0 Å². The Morgan fingerprint density at radius 1 is 0.266 bits per heavy atom. The maximum atomic E-state index is 12.9. The second-order valence-corrected chi connectivity index (χ2v) is 21.3. The topological polar surface area (TPSA) is 78.9 Å². The van der Waals surface area contributed by atoms with Crippen LogP contribution in [0.1, 0.15) is 290 Å². The van der Waals surface area contributed by atoms with Crippen LogP contribution in [-0.2, 0) is 28.6 Å². The van der Waals surface area contributed by atoms with Gasteiger partial charge in [-0.3, -0.25) is 14.4 Å². The molecule has 0 heterocycles. The zero-order valence-electron chi connectivity index (χ0n) is 51.3. The summed E-state index contributed by atoms with van der Waals surface area (Å²) in [5.74, 6) is -0.902. The van der Waals surface area contributed by atoms with Crippen LogP contribution in [0.2, 0.25) is 0 Å². The molecule has 79 heavy (non-hydrogen) atoms. The third kappa shape index (κ3) is 64.3. The van der Waals surface area contributed by atoms with Gasteiger partial charge in [-0.1, -0.05) is 289 Å². The van der Waals surface area contributed by atoms with Gasteiger partial charge in [-0.15, -0.1) is 0 Å². The Morgan fingerprint density at radius 2 is 0.494 bits per heavy atom. The molecule has 0 aromatic heterocycles. The van der Waals surface area contributed by atoms with Gasteiger partial charge in [0.2, 0.25) is 0 Å². The van der Waals surface area contributed by atoms with Gasteiger partial charge in [0.05, 0.1) is 0 Å².